The van der Waals surface area contributed by atoms with Gasteiger partial charge < -0.3 is 10.0 Å². The SMILES string of the molecule is CN(CCC(O)c1ccccc1)Cc1cnn(-c2ccccc2F)c1. The van der Waals surface area contributed by atoms with Gasteiger partial charge in [0.1, 0.15) is 11.5 Å². The molecule has 1 aromatic heterocycles. The van der Waals surface area contributed by atoms with E-state index in [9.17, 15) is 9.50 Å². The third kappa shape index (κ3) is 4.53. The van der Waals surface area contributed by atoms with E-state index >= 15 is 0 Å². The first-order valence-corrected chi connectivity index (χ1v) is 8.33. The van der Waals surface area contributed by atoms with E-state index in [4.69, 9.17) is 0 Å². The van der Waals surface area contributed by atoms with Gasteiger partial charge in [-0.1, -0.05) is 42.5 Å². The Balaban J connectivity index is 1.55. The molecule has 0 aliphatic rings. The van der Waals surface area contributed by atoms with Crippen molar-refractivity contribution in [2.24, 2.45) is 0 Å². The van der Waals surface area contributed by atoms with Gasteiger partial charge in [-0.25, -0.2) is 9.07 Å². The van der Waals surface area contributed by atoms with Crippen LogP contribution in [-0.2, 0) is 6.54 Å². The predicted octanol–water partition coefficient (Wildman–Crippen LogP) is 3.57. The Hall–Kier alpha value is -2.50. The molecule has 1 N–H and O–H groups in total. The van der Waals surface area contributed by atoms with Crippen LogP contribution in [0.3, 0.4) is 0 Å². The molecule has 5 heteroatoms. The highest BCUT2D eigenvalue weighted by Gasteiger charge is 2.10. The second-order valence-electron chi connectivity index (χ2n) is 6.20. The summed E-state index contributed by atoms with van der Waals surface area (Å²) < 4.78 is 15.4. The van der Waals surface area contributed by atoms with Crippen LogP contribution in [0.5, 0.6) is 0 Å². The summed E-state index contributed by atoms with van der Waals surface area (Å²) in [5.41, 5.74) is 2.37. The molecule has 4 nitrogen and oxygen atoms in total. The molecule has 1 heterocycles. The Kier molecular flexibility index (Phi) is 5.58. The Labute approximate surface area is 147 Å². The molecule has 2 aromatic carbocycles. The van der Waals surface area contributed by atoms with Crippen molar-refractivity contribution >= 4 is 0 Å². The fourth-order valence-corrected chi connectivity index (χ4v) is 2.79. The second kappa shape index (κ2) is 8.05. The van der Waals surface area contributed by atoms with Gasteiger partial charge in [0, 0.05) is 24.8 Å². The first kappa shape index (κ1) is 17.3. The van der Waals surface area contributed by atoms with Crippen LogP contribution in [0.1, 0.15) is 23.7 Å². The molecule has 1 atom stereocenters. The van der Waals surface area contributed by atoms with E-state index in [-0.39, 0.29) is 5.82 Å². The number of hydrogen-bond acceptors (Lipinski definition) is 3. The van der Waals surface area contributed by atoms with Crippen LogP contribution >= 0.6 is 0 Å². The summed E-state index contributed by atoms with van der Waals surface area (Å²) in [7, 11) is 2.00. The molecule has 0 amide bonds. The van der Waals surface area contributed by atoms with E-state index < -0.39 is 6.10 Å². The van der Waals surface area contributed by atoms with Gasteiger partial charge in [-0.2, -0.15) is 5.10 Å². The lowest BCUT2D eigenvalue weighted by Gasteiger charge is -2.18. The summed E-state index contributed by atoms with van der Waals surface area (Å²) in [6.45, 7) is 1.44. The number of aromatic nitrogens is 2. The van der Waals surface area contributed by atoms with E-state index in [1.54, 1.807) is 29.1 Å². The van der Waals surface area contributed by atoms with E-state index in [1.807, 2.05) is 43.6 Å². The molecule has 3 rings (SSSR count). The maximum Gasteiger partial charge on any atom is 0.148 e. The van der Waals surface area contributed by atoms with Crippen molar-refractivity contribution < 1.29 is 9.50 Å². The number of benzene rings is 2. The molecule has 130 valence electrons. The Morgan fingerprint density at radius 1 is 1.12 bits per heavy atom. The molecule has 0 saturated carbocycles. The second-order valence-corrected chi connectivity index (χ2v) is 6.20. The number of halogens is 1. The van der Waals surface area contributed by atoms with Gasteiger partial charge in [0.05, 0.1) is 12.3 Å². The minimum Gasteiger partial charge on any atom is -0.388 e. The summed E-state index contributed by atoms with van der Waals surface area (Å²) in [6, 6.07) is 16.2. The van der Waals surface area contributed by atoms with Crippen LogP contribution < -0.4 is 0 Å². The average molecular weight is 339 g/mol. The molecule has 0 aliphatic carbocycles. The molecule has 0 aliphatic heterocycles. The fourth-order valence-electron chi connectivity index (χ4n) is 2.79. The van der Waals surface area contributed by atoms with Gasteiger partial charge in [0.2, 0.25) is 0 Å². The van der Waals surface area contributed by atoms with Crippen LogP contribution in [0.2, 0.25) is 0 Å². The number of para-hydroxylation sites is 1. The Morgan fingerprint density at radius 2 is 1.84 bits per heavy atom. The smallest absolute Gasteiger partial charge is 0.148 e. The molecule has 1 unspecified atom stereocenters. The van der Waals surface area contributed by atoms with E-state index in [2.05, 4.69) is 10.00 Å². The monoisotopic (exact) mass is 339 g/mol. The highest BCUT2D eigenvalue weighted by molar-refractivity contribution is 5.32. The van der Waals surface area contributed by atoms with Gasteiger partial charge in [0.25, 0.3) is 0 Å². The number of nitrogens with zero attached hydrogens (tertiary/aromatic N) is 3. The summed E-state index contributed by atoms with van der Waals surface area (Å²) in [5, 5.41) is 14.5. The number of rotatable bonds is 7. The van der Waals surface area contributed by atoms with Gasteiger partial charge in [-0.05, 0) is 31.2 Å². The van der Waals surface area contributed by atoms with Crippen LogP contribution in [-0.4, -0.2) is 33.4 Å². The maximum atomic E-state index is 13.8. The number of aliphatic hydroxyl groups is 1. The van der Waals surface area contributed by atoms with Gasteiger partial charge >= 0.3 is 0 Å². The molecule has 0 radical (unpaired) electrons. The van der Waals surface area contributed by atoms with Gasteiger partial charge in [-0.15, -0.1) is 0 Å². The summed E-state index contributed by atoms with van der Waals surface area (Å²) in [4.78, 5) is 2.12. The summed E-state index contributed by atoms with van der Waals surface area (Å²) in [5.74, 6) is -0.295. The fraction of sp³-hybridized carbons (Fsp3) is 0.250. The van der Waals surface area contributed by atoms with Crippen LogP contribution in [0, 0.1) is 5.82 Å². The third-order valence-corrected chi connectivity index (χ3v) is 4.16. The molecular weight excluding hydrogens is 317 g/mol. The lowest BCUT2D eigenvalue weighted by atomic mass is 10.1. The summed E-state index contributed by atoms with van der Waals surface area (Å²) >= 11 is 0. The number of hydrogen-bond donors (Lipinski definition) is 1. The minimum atomic E-state index is -0.468. The summed E-state index contributed by atoms with van der Waals surface area (Å²) in [6.07, 6.45) is 3.77. The van der Waals surface area contributed by atoms with E-state index in [0.717, 1.165) is 17.7 Å². The normalized spacial score (nSPS) is 12.5. The molecule has 25 heavy (non-hydrogen) atoms. The third-order valence-electron chi connectivity index (χ3n) is 4.16. The number of aliphatic hydroxyl groups excluding tert-OH is 1. The average Bonchev–Trinajstić information content (AvgIpc) is 3.09. The van der Waals surface area contributed by atoms with Crippen molar-refractivity contribution in [3.63, 3.8) is 0 Å². The quantitative estimate of drug-likeness (QED) is 0.715. The van der Waals surface area contributed by atoms with Crippen molar-refractivity contribution in [2.75, 3.05) is 13.6 Å². The molecule has 0 spiro atoms. The zero-order valence-electron chi connectivity index (χ0n) is 14.2. The van der Waals surface area contributed by atoms with Crippen LogP contribution in [0.4, 0.5) is 4.39 Å². The predicted molar refractivity (Wildman–Crippen MR) is 95.9 cm³/mol. The van der Waals surface area contributed by atoms with Gasteiger partial charge in [0.15, 0.2) is 0 Å². The lowest BCUT2D eigenvalue weighted by Crippen LogP contribution is -2.20. The van der Waals surface area contributed by atoms with Crippen molar-refractivity contribution in [3.05, 3.63) is 83.9 Å². The van der Waals surface area contributed by atoms with Crippen molar-refractivity contribution in [2.45, 2.75) is 19.1 Å². The van der Waals surface area contributed by atoms with E-state index in [0.29, 0.717) is 18.7 Å². The van der Waals surface area contributed by atoms with Crippen LogP contribution in [0.25, 0.3) is 5.69 Å². The van der Waals surface area contributed by atoms with Crippen LogP contribution in [0.15, 0.2) is 67.0 Å². The van der Waals surface area contributed by atoms with Crippen molar-refractivity contribution in [3.8, 4) is 5.69 Å². The zero-order chi connectivity index (χ0) is 17.6. The molecule has 0 fully saturated rings. The first-order chi connectivity index (χ1) is 12.1. The van der Waals surface area contributed by atoms with E-state index in [1.165, 1.54) is 6.07 Å². The Bertz CT molecular complexity index is 803. The molecule has 3 aromatic rings. The van der Waals surface area contributed by atoms with Crippen molar-refractivity contribution in [1.29, 1.82) is 0 Å². The topological polar surface area (TPSA) is 41.3 Å². The molecular formula is C20H22FN3O. The standard InChI is InChI=1S/C20H22FN3O/c1-23(12-11-20(25)17-7-3-2-4-8-17)14-16-13-22-24(15-16)19-10-6-5-9-18(19)21/h2-10,13,15,20,25H,11-12,14H2,1H3. The molecule has 0 saturated heterocycles. The molecule has 0 bridgehead atoms. The maximum absolute atomic E-state index is 13.8. The lowest BCUT2D eigenvalue weighted by molar-refractivity contribution is 0.147. The Morgan fingerprint density at radius 3 is 2.60 bits per heavy atom. The van der Waals surface area contributed by atoms with Crippen molar-refractivity contribution in [1.82, 2.24) is 14.7 Å². The highest BCUT2D eigenvalue weighted by atomic mass is 19.1. The minimum absolute atomic E-state index is 0.295. The highest BCUT2D eigenvalue weighted by Crippen LogP contribution is 2.17. The zero-order valence-corrected chi connectivity index (χ0v) is 14.2. The van der Waals surface area contributed by atoms with Gasteiger partial charge in [-0.3, -0.25) is 0 Å². The first-order valence-electron chi connectivity index (χ1n) is 8.33. The largest absolute Gasteiger partial charge is 0.388 e.